The van der Waals surface area contributed by atoms with Crippen LogP contribution in [0.5, 0.6) is 0 Å². The average molecular weight is 490 g/mol. The lowest BCUT2D eigenvalue weighted by Crippen LogP contribution is -2.55. The maximum Gasteiger partial charge on any atom is 0.273 e. The Kier molecular flexibility index (Phi) is 5.66. The van der Waals surface area contributed by atoms with Gasteiger partial charge >= 0.3 is 0 Å². The molecule has 0 radical (unpaired) electrons. The lowest BCUT2D eigenvalue weighted by molar-refractivity contribution is 0.0515. The summed E-state index contributed by atoms with van der Waals surface area (Å²) < 4.78 is 14.2. The topological polar surface area (TPSA) is 65.2 Å². The van der Waals surface area contributed by atoms with Crippen molar-refractivity contribution in [3.8, 4) is 0 Å². The third-order valence-electron chi connectivity index (χ3n) is 6.95. The molecule has 1 unspecified atom stereocenters. The van der Waals surface area contributed by atoms with Crippen molar-refractivity contribution in [3.63, 3.8) is 0 Å². The minimum Gasteiger partial charge on any atom is -0.350 e. The van der Waals surface area contributed by atoms with Crippen LogP contribution >= 0.6 is 0 Å². The molecule has 6 rings (SSSR count). The summed E-state index contributed by atoms with van der Waals surface area (Å²) >= 11 is 0. The van der Waals surface area contributed by atoms with Crippen LogP contribution in [-0.4, -0.2) is 15.8 Å². The summed E-state index contributed by atoms with van der Waals surface area (Å²) in [5.41, 5.74) is 1.91. The van der Waals surface area contributed by atoms with Crippen LogP contribution in [-0.2, 0) is 18.8 Å². The zero-order valence-electron chi connectivity index (χ0n) is 19.9. The van der Waals surface area contributed by atoms with Crippen molar-refractivity contribution in [2.45, 2.75) is 18.8 Å². The van der Waals surface area contributed by atoms with Crippen LogP contribution in [0.25, 0.3) is 10.9 Å². The third kappa shape index (κ3) is 3.82. The number of pyridine rings is 1. The molecule has 2 N–H and O–H groups in total. The molecule has 6 heteroatoms. The fraction of sp³-hybridized carbons (Fsp3) is 0.0968. The van der Waals surface area contributed by atoms with Crippen molar-refractivity contribution >= 4 is 16.8 Å². The Labute approximate surface area is 213 Å². The molecule has 1 amide bonds. The Morgan fingerprint density at radius 3 is 2.08 bits per heavy atom. The number of hydrogen-bond donors (Lipinski definition) is 2. The second-order valence-corrected chi connectivity index (χ2v) is 9.19. The van der Waals surface area contributed by atoms with Crippen LogP contribution < -0.4 is 10.7 Å². The second-order valence-electron chi connectivity index (χ2n) is 9.19. The monoisotopic (exact) mass is 489 g/mol. The summed E-state index contributed by atoms with van der Waals surface area (Å²) in [6.45, 7) is 0.664. The van der Waals surface area contributed by atoms with Gasteiger partial charge in [-0.1, -0.05) is 91.0 Å². The van der Waals surface area contributed by atoms with Gasteiger partial charge in [0.2, 0.25) is 0 Å². The number of carbonyl (C=O) groups is 1. The van der Waals surface area contributed by atoms with E-state index < -0.39 is 11.5 Å². The highest BCUT2D eigenvalue weighted by Crippen LogP contribution is 2.42. The molecule has 0 bridgehead atoms. The standard InChI is InChI=1S/C31H24FN3O2/c32-24-16-17-26-25(18-24)29(36)27-28(34-26)30(37)35(20-22-12-6-2-7-13-22)31(27,23-14-8-3-9-15-23)33-19-21-10-4-1-5-11-21/h1-18,33H,19-20H2,(H,34,36). The van der Waals surface area contributed by atoms with Crippen LogP contribution in [0, 0.1) is 5.82 Å². The number of benzene rings is 4. The molecule has 1 aliphatic heterocycles. The maximum absolute atomic E-state index is 14.2. The van der Waals surface area contributed by atoms with Gasteiger partial charge in [0, 0.05) is 18.5 Å². The molecule has 1 aliphatic rings. The van der Waals surface area contributed by atoms with Gasteiger partial charge < -0.3 is 9.88 Å². The molecular weight excluding hydrogens is 465 g/mol. The first-order chi connectivity index (χ1) is 18.1. The molecule has 0 aliphatic carbocycles. The van der Waals surface area contributed by atoms with E-state index in [1.54, 1.807) is 4.90 Å². The van der Waals surface area contributed by atoms with Gasteiger partial charge in [0.1, 0.15) is 11.5 Å². The van der Waals surface area contributed by atoms with E-state index in [0.717, 1.165) is 16.7 Å². The smallest absolute Gasteiger partial charge is 0.273 e. The number of rotatable bonds is 6. The molecule has 2 heterocycles. The highest BCUT2D eigenvalue weighted by molar-refractivity contribution is 6.01. The van der Waals surface area contributed by atoms with E-state index >= 15 is 0 Å². The Hall–Kier alpha value is -4.55. The SMILES string of the molecule is O=C1c2[nH]c3ccc(F)cc3c(=O)c2C(NCc2ccccc2)(c2ccccc2)N1Cc1ccccc1. The first-order valence-electron chi connectivity index (χ1n) is 12.1. The van der Waals surface area contributed by atoms with Crippen LogP contribution in [0.2, 0.25) is 0 Å². The minimum absolute atomic E-state index is 0.204. The van der Waals surface area contributed by atoms with Crippen molar-refractivity contribution in [2.75, 3.05) is 0 Å². The Bertz CT molecular complexity index is 1650. The quantitative estimate of drug-likeness (QED) is 0.340. The number of aromatic amines is 1. The third-order valence-corrected chi connectivity index (χ3v) is 6.95. The van der Waals surface area contributed by atoms with Crippen molar-refractivity contribution in [1.29, 1.82) is 0 Å². The van der Waals surface area contributed by atoms with Crippen LogP contribution in [0.3, 0.4) is 0 Å². The highest BCUT2D eigenvalue weighted by Gasteiger charge is 2.53. The number of fused-ring (bicyclic) bond motifs is 2. The van der Waals surface area contributed by atoms with Gasteiger partial charge in [0.25, 0.3) is 5.91 Å². The molecule has 0 saturated carbocycles. The molecular formula is C31H24FN3O2. The van der Waals surface area contributed by atoms with Gasteiger partial charge in [-0.2, -0.15) is 0 Å². The number of nitrogens with one attached hydrogen (secondary N) is 2. The van der Waals surface area contributed by atoms with Crippen molar-refractivity contribution in [3.05, 3.63) is 153 Å². The number of halogens is 1. The van der Waals surface area contributed by atoms with E-state index in [1.807, 2.05) is 91.0 Å². The zero-order valence-corrected chi connectivity index (χ0v) is 19.9. The van der Waals surface area contributed by atoms with Crippen LogP contribution in [0.1, 0.15) is 32.7 Å². The Morgan fingerprint density at radius 1 is 0.784 bits per heavy atom. The summed E-state index contributed by atoms with van der Waals surface area (Å²) in [6, 6.07) is 33.0. The largest absolute Gasteiger partial charge is 0.350 e. The Balaban J connectivity index is 1.64. The van der Waals surface area contributed by atoms with Gasteiger partial charge in [-0.3, -0.25) is 14.9 Å². The minimum atomic E-state index is -1.28. The molecule has 182 valence electrons. The first-order valence-corrected chi connectivity index (χ1v) is 12.1. The lowest BCUT2D eigenvalue weighted by Gasteiger charge is -2.40. The number of amides is 1. The van der Waals surface area contributed by atoms with Gasteiger partial charge in [0.15, 0.2) is 11.1 Å². The predicted octanol–water partition coefficient (Wildman–Crippen LogP) is 5.31. The number of carbonyl (C=O) groups excluding carboxylic acids is 1. The molecule has 1 atom stereocenters. The van der Waals surface area contributed by atoms with Crippen molar-refractivity contribution in [1.82, 2.24) is 15.2 Å². The number of nitrogens with zero attached hydrogens (tertiary/aromatic N) is 1. The molecule has 1 aromatic heterocycles. The highest BCUT2D eigenvalue weighted by atomic mass is 19.1. The molecule has 5 aromatic rings. The number of aromatic nitrogens is 1. The first kappa shape index (κ1) is 22.9. The van der Waals surface area contributed by atoms with Gasteiger partial charge in [0.05, 0.1) is 11.1 Å². The zero-order chi connectivity index (χ0) is 25.4. The predicted molar refractivity (Wildman–Crippen MR) is 141 cm³/mol. The summed E-state index contributed by atoms with van der Waals surface area (Å²) in [7, 11) is 0. The Morgan fingerprint density at radius 2 is 1.41 bits per heavy atom. The fourth-order valence-electron chi connectivity index (χ4n) is 5.23. The van der Waals surface area contributed by atoms with E-state index in [2.05, 4.69) is 10.3 Å². The van der Waals surface area contributed by atoms with E-state index in [1.165, 1.54) is 18.2 Å². The van der Waals surface area contributed by atoms with E-state index in [0.29, 0.717) is 12.1 Å². The summed E-state index contributed by atoms with van der Waals surface area (Å²) in [6.07, 6.45) is 0. The van der Waals surface area contributed by atoms with Crippen molar-refractivity contribution < 1.29 is 9.18 Å². The molecule has 0 fully saturated rings. The van der Waals surface area contributed by atoms with Crippen molar-refractivity contribution in [2.24, 2.45) is 0 Å². The molecule has 5 nitrogen and oxygen atoms in total. The molecule has 37 heavy (non-hydrogen) atoms. The van der Waals surface area contributed by atoms with E-state index in [9.17, 15) is 14.0 Å². The maximum atomic E-state index is 14.2. The van der Waals surface area contributed by atoms with Gasteiger partial charge in [-0.15, -0.1) is 0 Å². The normalized spacial score (nSPS) is 16.8. The summed E-state index contributed by atoms with van der Waals surface area (Å²) in [5.74, 6) is -0.808. The van der Waals surface area contributed by atoms with Crippen LogP contribution in [0.4, 0.5) is 4.39 Å². The van der Waals surface area contributed by atoms with Gasteiger partial charge in [-0.05, 0) is 34.9 Å². The second kappa shape index (κ2) is 9.15. The fourth-order valence-corrected chi connectivity index (χ4v) is 5.23. The lowest BCUT2D eigenvalue weighted by atomic mass is 9.89. The molecule has 0 saturated heterocycles. The molecule has 4 aromatic carbocycles. The summed E-state index contributed by atoms with van der Waals surface area (Å²) in [5, 5.41) is 3.80. The molecule has 0 spiro atoms. The summed E-state index contributed by atoms with van der Waals surface area (Å²) in [4.78, 5) is 33.1. The van der Waals surface area contributed by atoms with Gasteiger partial charge in [-0.25, -0.2) is 4.39 Å². The van der Waals surface area contributed by atoms with Crippen LogP contribution in [0.15, 0.2) is 114 Å². The van der Waals surface area contributed by atoms with E-state index in [-0.39, 0.29) is 34.5 Å². The van der Waals surface area contributed by atoms with E-state index in [4.69, 9.17) is 0 Å². The number of H-pyrrole nitrogens is 1. The number of hydrogen-bond acceptors (Lipinski definition) is 3. The average Bonchev–Trinajstić information content (AvgIpc) is 3.17.